The molecule has 5 heteroatoms. The summed E-state index contributed by atoms with van der Waals surface area (Å²) in [5.74, 6) is 0.279. The Kier molecular flexibility index (Phi) is 6.02. The fourth-order valence-electron chi connectivity index (χ4n) is 2.21. The lowest BCUT2D eigenvalue weighted by Crippen LogP contribution is -2.33. The second kappa shape index (κ2) is 7.28. The lowest BCUT2D eigenvalue weighted by molar-refractivity contribution is -0.150. The summed E-state index contributed by atoms with van der Waals surface area (Å²) < 4.78 is 9.05. The van der Waals surface area contributed by atoms with Crippen LogP contribution in [0.1, 0.15) is 25.7 Å². The molecule has 0 bridgehead atoms. The van der Waals surface area contributed by atoms with Crippen molar-refractivity contribution >= 4 is 11.9 Å². The Labute approximate surface area is 113 Å². The number of ether oxygens (including phenoxy) is 2. The molecule has 0 radical (unpaired) electrons. The predicted molar refractivity (Wildman–Crippen MR) is 69.2 cm³/mol. The summed E-state index contributed by atoms with van der Waals surface area (Å²) in [5.41, 5.74) is 1.16. The molecular formula is C14H22O5. The van der Waals surface area contributed by atoms with E-state index in [1.165, 1.54) is 14.2 Å². The van der Waals surface area contributed by atoms with Crippen molar-refractivity contribution in [3.63, 3.8) is 0 Å². The van der Waals surface area contributed by atoms with Gasteiger partial charge in [0.2, 0.25) is 0 Å². The largest absolute Gasteiger partial charge is 0.469 e. The molecule has 2 aliphatic rings. The number of allylic oxidation sites excluding steroid dienone is 1. The van der Waals surface area contributed by atoms with Crippen LogP contribution >= 0.6 is 0 Å². The Hall–Kier alpha value is -1.36. The number of carbonyl (C=O) groups is 2. The number of rotatable bonds is 3. The van der Waals surface area contributed by atoms with Crippen LogP contribution < -0.4 is 0 Å². The molecule has 108 valence electrons. The van der Waals surface area contributed by atoms with E-state index in [1.807, 2.05) is 0 Å². The summed E-state index contributed by atoms with van der Waals surface area (Å²) in [6.45, 7) is 3.92. The summed E-state index contributed by atoms with van der Waals surface area (Å²) in [7, 11) is 2.82. The third-order valence-corrected chi connectivity index (χ3v) is 3.63. The summed E-state index contributed by atoms with van der Waals surface area (Å²) in [5, 5.41) is 8.61. The Morgan fingerprint density at radius 3 is 2.00 bits per heavy atom. The average molecular weight is 270 g/mol. The first-order valence-corrected chi connectivity index (χ1v) is 6.44. The Balaban J connectivity index is 0.000000191. The predicted octanol–water partition coefficient (Wildman–Crippen LogP) is 1.30. The first-order valence-electron chi connectivity index (χ1n) is 6.44. The van der Waals surface area contributed by atoms with Gasteiger partial charge in [-0.05, 0) is 31.6 Å². The normalized spacial score (nSPS) is 25.3. The molecule has 0 amide bonds. The standard InChI is InChI=1S/C7H12O3.C7H10O2/c1-10-7(9)6-2-5(3-6)4-8;1-5-3-6(4-5)7(8)9-2/h5-6,8H,2-4H2,1H3;6H,1,3-4H2,2H3. The number of carbonyl (C=O) groups excluding carboxylic acids is 2. The molecule has 0 atom stereocenters. The van der Waals surface area contributed by atoms with Gasteiger partial charge in [-0.15, -0.1) is 0 Å². The maximum atomic E-state index is 10.8. The minimum atomic E-state index is -0.135. The van der Waals surface area contributed by atoms with Gasteiger partial charge >= 0.3 is 11.9 Å². The van der Waals surface area contributed by atoms with Gasteiger partial charge in [0, 0.05) is 6.61 Å². The molecule has 1 N–H and O–H groups in total. The lowest BCUT2D eigenvalue weighted by atomic mass is 9.75. The average Bonchev–Trinajstić information content (AvgIpc) is 2.33. The molecule has 2 saturated carbocycles. The first kappa shape index (κ1) is 15.7. The van der Waals surface area contributed by atoms with E-state index in [2.05, 4.69) is 16.1 Å². The molecule has 0 unspecified atom stereocenters. The van der Waals surface area contributed by atoms with Crippen LogP contribution in [0, 0.1) is 17.8 Å². The number of hydrogen-bond acceptors (Lipinski definition) is 5. The van der Waals surface area contributed by atoms with Gasteiger partial charge in [0.25, 0.3) is 0 Å². The van der Waals surface area contributed by atoms with E-state index in [0.717, 1.165) is 31.3 Å². The molecule has 0 saturated heterocycles. The highest BCUT2D eigenvalue weighted by Crippen LogP contribution is 2.33. The van der Waals surface area contributed by atoms with Gasteiger partial charge in [0.05, 0.1) is 26.1 Å². The molecule has 2 fully saturated rings. The van der Waals surface area contributed by atoms with Crippen LogP contribution in [0.5, 0.6) is 0 Å². The topological polar surface area (TPSA) is 72.8 Å². The SMILES string of the molecule is C=C1CC(C(=O)OC)C1.COC(=O)C1CC(CO)C1. The van der Waals surface area contributed by atoms with Crippen molar-refractivity contribution in [2.45, 2.75) is 25.7 Å². The molecule has 0 aliphatic heterocycles. The molecule has 5 nitrogen and oxygen atoms in total. The highest BCUT2D eigenvalue weighted by atomic mass is 16.5. The molecule has 0 heterocycles. The van der Waals surface area contributed by atoms with Crippen molar-refractivity contribution in [2.75, 3.05) is 20.8 Å². The quantitative estimate of drug-likeness (QED) is 0.618. The van der Waals surface area contributed by atoms with Crippen LogP contribution in [0.25, 0.3) is 0 Å². The van der Waals surface area contributed by atoms with Crippen LogP contribution in [0.2, 0.25) is 0 Å². The van der Waals surface area contributed by atoms with Crippen molar-refractivity contribution in [1.29, 1.82) is 0 Å². The summed E-state index contributed by atoms with van der Waals surface area (Å²) >= 11 is 0. The second-order valence-electron chi connectivity index (χ2n) is 5.12. The van der Waals surface area contributed by atoms with Crippen molar-refractivity contribution in [2.24, 2.45) is 17.8 Å². The van der Waals surface area contributed by atoms with E-state index in [9.17, 15) is 9.59 Å². The lowest BCUT2D eigenvalue weighted by Gasteiger charge is -2.31. The molecule has 19 heavy (non-hydrogen) atoms. The molecule has 2 aliphatic carbocycles. The molecular weight excluding hydrogens is 248 g/mol. The van der Waals surface area contributed by atoms with Gasteiger partial charge in [-0.2, -0.15) is 0 Å². The van der Waals surface area contributed by atoms with Crippen molar-refractivity contribution in [3.05, 3.63) is 12.2 Å². The van der Waals surface area contributed by atoms with Gasteiger partial charge in [-0.3, -0.25) is 9.59 Å². The van der Waals surface area contributed by atoms with Gasteiger partial charge in [0.15, 0.2) is 0 Å². The highest BCUT2D eigenvalue weighted by molar-refractivity contribution is 5.74. The maximum absolute atomic E-state index is 10.8. The minimum Gasteiger partial charge on any atom is -0.469 e. The van der Waals surface area contributed by atoms with Crippen LogP contribution in [-0.2, 0) is 19.1 Å². The van der Waals surface area contributed by atoms with Crippen molar-refractivity contribution in [1.82, 2.24) is 0 Å². The molecule has 0 aromatic heterocycles. The maximum Gasteiger partial charge on any atom is 0.309 e. The fourth-order valence-corrected chi connectivity index (χ4v) is 2.21. The Bertz CT molecular complexity index is 336. The van der Waals surface area contributed by atoms with E-state index in [4.69, 9.17) is 5.11 Å². The summed E-state index contributed by atoms with van der Waals surface area (Å²) in [6, 6.07) is 0. The van der Waals surface area contributed by atoms with E-state index >= 15 is 0 Å². The minimum absolute atomic E-state index is 0.0575. The zero-order valence-corrected chi connectivity index (χ0v) is 11.6. The van der Waals surface area contributed by atoms with E-state index in [1.54, 1.807) is 0 Å². The number of methoxy groups -OCH3 is 2. The zero-order valence-electron chi connectivity index (χ0n) is 11.6. The zero-order chi connectivity index (χ0) is 14.4. The van der Waals surface area contributed by atoms with Gasteiger partial charge < -0.3 is 14.6 Å². The number of esters is 2. The van der Waals surface area contributed by atoms with Crippen LogP contribution in [0.15, 0.2) is 12.2 Å². The third kappa shape index (κ3) is 4.35. The second-order valence-corrected chi connectivity index (χ2v) is 5.12. The molecule has 0 aromatic rings. The first-order chi connectivity index (χ1) is 9.01. The van der Waals surface area contributed by atoms with Crippen molar-refractivity contribution in [3.8, 4) is 0 Å². The van der Waals surface area contributed by atoms with Gasteiger partial charge in [-0.1, -0.05) is 12.2 Å². The van der Waals surface area contributed by atoms with Crippen LogP contribution in [0.4, 0.5) is 0 Å². The summed E-state index contributed by atoms with van der Waals surface area (Å²) in [4.78, 5) is 21.4. The number of aliphatic hydroxyl groups excluding tert-OH is 1. The highest BCUT2D eigenvalue weighted by Gasteiger charge is 2.34. The fraction of sp³-hybridized carbons (Fsp3) is 0.714. The molecule has 0 spiro atoms. The van der Waals surface area contributed by atoms with E-state index in [0.29, 0.717) is 5.92 Å². The van der Waals surface area contributed by atoms with Crippen molar-refractivity contribution < 1.29 is 24.2 Å². The van der Waals surface area contributed by atoms with Crippen LogP contribution in [0.3, 0.4) is 0 Å². The molecule has 0 aromatic carbocycles. The van der Waals surface area contributed by atoms with E-state index in [-0.39, 0.29) is 30.4 Å². The van der Waals surface area contributed by atoms with Crippen LogP contribution in [-0.4, -0.2) is 37.9 Å². The number of aliphatic hydroxyl groups is 1. The Morgan fingerprint density at radius 2 is 1.63 bits per heavy atom. The summed E-state index contributed by atoms with van der Waals surface area (Å²) in [6.07, 6.45) is 3.24. The Morgan fingerprint density at radius 1 is 1.16 bits per heavy atom. The molecule has 2 rings (SSSR count). The van der Waals surface area contributed by atoms with Gasteiger partial charge in [-0.25, -0.2) is 0 Å². The van der Waals surface area contributed by atoms with Gasteiger partial charge in [0.1, 0.15) is 0 Å². The van der Waals surface area contributed by atoms with E-state index < -0.39 is 0 Å². The monoisotopic (exact) mass is 270 g/mol. The smallest absolute Gasteiger partial charge is 0.309 e. The number of hydrogen-bond donors (Lipinski definition) is 1. The third-order valence-electron chi connectivity index (χ3n) is 3.63.